The van der Waals surface area contributed by atoms with Gasteiger partial charge in [-0.3, -0.25) is 5.32 Å². The average molecular weight is 249 g/mol. The third kappa shape index (κ3) is 4.29. The van der Waals surface area contributed by atoms with E-state index in [-0.39, 0.29) is 0 Å². The largest absolute Gasteiger partial charge is 0.478 e. The summed E-state index contributed by atoms with van der Waals surface area (Å²) in [5.74, 6) is -0.997. The Morgan fingerprint density at radius 3 is 2.72 bits per heavy atom. The van der Waals surface area contributed by atoms with Crippen LogP contribution in [-0.2, 0) is 9.53 Å². The molecule has 1 aromatic rings. The molecule has 5 heteroatoms. The SMILES string of the molecule is CCOC(=O)Nc1ccc(/C=C/C(=O)O)c(C)c1. The molecule has 18 heavy (non-hydrogen) atoms. The van der Waals surface area contributed by atoms with Gasteiger partial charge in [0, 0.05) is 11.8 Å². The number of nitrogens with one attached hydrogen (secondary N) is 1. The summed E-state index contributed by atoms with van der Waals surface area (Å²) in [5.41, 5.74) is 2.26. The van der Waals surface area contributed by atoms with Crippen LogP contribution in [0.1, 0.15) is 18.1 Å². The molecule has 0 fully saturated rings. The lowest BCUT2D eigenvalue weighted by molar-refractivity contribution is -0.131. The van der Waals surface area contributed by atoms with Crippen LogP contribution in [-0.4, -0.2) is 23.8 Å². The van der Waals surface area contributed by atoms with Crippen molar-refractivity contribution in [2.45, 2.75) is 13.8 Å². The number of carboxylic acids is 1. The minimum Gasteiger partial charge on any atom is -0.478 e. The Balaban J connectivity index is 2.79. The highest BCUT2D eigenvalue weighted by molar-refractivity contribution is 5.87. The number of aryl methyl sites for hydroxylation is 1. The predicted octanol–water partition coefficient (Wildman–Crippen LogP) is 2.66. The second-order valence-electron chi connectivity index (χ2n) is 3.59. The smallest absolute Gasteiger partial charge is 0.411 e. The molecule has 0 bridgehead atoms. The molecule has 96 valence electrons. The molecule has 0 radical (unpaired) electrons. The predicted molar refractivity (Wildman–Crippen MR) is 68.5 cm³/mol. The van der Waals surface area contributed by atoms with Crippen molar-refractivity contribution < 1.29 is 19.4 Å². The number of hydrogen-bond donors (Lipinski definition) is 2. The van der Waals surface area contributed by atoms with E-state index in [1.54, 1.807) is 25.1 Å². The van der Waals surface area contributed by atoms with Crippen molar-refractivity contribution in [3.05, 3.63) is 35.4 Å². The van der Waals surface area contributed by atoms with Gasteiger partial charge >= 0.3 is 12.1 Å². The van der Waals surface area contributed by atoms with Crippen LogP contribution < -0.4 is 5.32 Å². The Hall–Kier alpha value is -2.30. The van der Waals surface area contributed by atoms with Crippen LogP contribution in [0.3, 0.4) is 0 Å². The minimum atomic E-state index is -0.997. The Kier molecular flexibility index (Phi) is 4.92. The zero-order chi connectivity index (χ0) is 13.5. The van der Waals surface area contributed by atoms with Crippen molar-refractivity contribution in [2.75, 3.05) is 11.9 Å². The van der Waals surface area contributed by atoms with Gasteiger partial charge in [0.15, 0.2) is 0 Å². The maximum absolute atomic E-state index is 11.2. The number of carboxylic acid groups (broad SMARTS) is 1. The summed E-state index contributed by atoms with van der Waals surface area (Å²) >= 11 is 0. The van der Waals surface area contributed by atoms with E-state index in [1.807, 2.05) is 6.92 Å². The van der Waals surface area contributed by atoms with Gasteiger partial charge in [-0.15, -0.1) is 0 Å². The second kappa shape index (κ2) is 6.44. The number of benzene rings is 1. The lowest BCUT2D eigenvalue weighted by Gasteiger charge is -2.07. The van der Waals surface area contributed by atoms with Crippen molar-refractivity contribution in [3.8, 4) is 0 Å². The van der Waals surface area contributed by atoms with Crippen molar-refractivity contribution in [1.82, 2.24) is 0 Å². The number of ether oxygens (including phenoxy) is 1. The number of amides is 1. The molecular weight excluding hydrogens is 234 g/mol. The lowest BCUT2D eigenvalue weighted by Crippen LogP contribution is -2.13. The van der Waals surface area contributed by atoms with Crippen LogP contribution in [0.25, 0.3) is 6.08 Å². The molecule has 0 aromatic heterocycles. The Morgan fingerprint density at radius 1 is 1.44 bits per heavy atom. The minimum absolute atomic E-state index is 0.310. The summed E-state index contributed by atoms with van der Waals surface area (Å²) < 4.78 is 4.75. The maximum Gasteiger partial charge on any atom is 0.411 e. The molecule has 0 heterocycles. The number of rotatable bonds is 4. The highest BCUT2D eigenvalue weighted by atomic mass is 16.5. The summed E-state index contributed by atoms with van der Waals surface area (Å²) in [5, 5.41) is 11.1. The molecule has 0 saturated heterocycles. The quantitative estimate of drug-likeness (QED) is 0.804. The monoisotopic (exact) mass is 249 g/mol. The highest BCUT2D eigenvalue weighted by Crippen LogP contribution is 2.16. The van der Waals surface area contributed by atoms with Crippen LogP contribution >= 0.6 is 0 Å². The normalized spacial score (nSPS) is 10.3. The number of carbonyl (C=O) groups excluding carboxylic acids is 1. The van der Waals surface area contributed by atoms with Crippen LogP contribution in [0.2, 0.25) is 0 Å². The maximum atomic E-state index is 11.2. The Bertz CT molecular complexity index is 480. The van der Waals surface area contributed by atoms with Crippen molar-refractivity contribution in [3.63, 3.8) is 0 Å². The summed E-state index contributed by atoms with van der Waals surface area (Å²) in [4.78, 5) is 21.6. The van der Waals surface area contributed by atoms with E-state index in [0.717, 1.165) is 17.2 Å². The molecule has 1 aromatic carbocycles. The molecule has 0 unspecified atom stereocenters. The van der Waals surface area contributed by atoms with Gasteiger partial charge in [-0.25, -0.2) is 9.59 Å². The first-order valence-corrected chi connectivity index (χ1v) is 5.48. The van der Waals surface area contributed by atoms with Crippen LogP contribution in [0.5, 0.6) is 0 Å². The summed E-state index contributed by atoms with van der Waals surface area (Å²) in [6.07, 6.45) is 2.07. The molecule has 0 aliphatic carbocycles. The molecule has 2 N–H and O–H groups in total. The fourth-order valence-corrected chi connectivity index (χ4v) is 1.39. The number of aliphatic carboxylic acids is 1. The summed E-state index contributed by atoms with van der Waals surface area (Å²) in [6.45, 7) is 3.87. The van der Waals surface area contributed by atoms with E-state index < -0.39 is 12.1 Å². The fourth-order valence-electron chi connectivity index (χ4n) is 1.39. The molecule has 0 spiro atoms. The fraction of sp³-hybridized carbons (Fsp3) is 0.231. The lowest BCUT2D eigenvalue weighted by atomic mass is 10.1. The van der Waals surface area contributed by atoms with E-state index in [2.05, 4.69) is 5.32 Å². The molecule has 0 atom stereocenters. The molecule has 0 aliphatic heterocycles. The van der Waals surface area contributed by atoms with Crippen LogP contribution in [0.15, 0.2) is 24.3 Å². The number of carbonyl (C=O) groups is 2. The molecule has 0 saturated carbocycles. The molecule has 0 aliphatic rings. The van der Waals surface area contributed by atoms with E-state index in [9.17, 15) is 9.59 Å². The molecule has 1 amide bonds. The first kappa shape index (κ1) is 13.8. The highest BCUT2D eigenvalue weighted by Gasteiger charge is 2.03. The van der Waals surface area contributed by atoms with Gasteiger partial charge in [0.05, 0.1) is 6.61 Å². The van der Waals surface area contributed by atoms with Gasteiger partial charge in [-0.1, -0.05) is 6.07 Å². The number of anilines is 1. The van der Waals surface area contributed by atoms with Crippen molar-refractivity contribution >= 4 is 23.8 Å². The van der Waals surface area contributed by atoms with Crippen LogP contribution in [0.4, 0.5) is 10.5 Å². The van der Waals surface area contributed by atoms with Gasteiger partial charge in [0.25, 0.3) is 0 Å². The van der Waals surface area contributed by atoms with Gasteiger partial charge in [0.1, 0.15) is 0 Å². The van der Waals surface area contributed by atoms with E-state index in [4.69, 9.17) is 9.84 Å². The summed E-state index contributed by atoms with van der Waals surface area (Å²) in [7, 11) is 0. The topological polar surface area (TPSA) is 75.6 Å². The van der Waals surface area contributed by atoms with Gasteiger partial charge in [-0.2, -0.15) is 0 Å². The van der Waals surface area contributed by atoms with Gasteiger partial charge in [-0.05, 0) is 43.2 Å². The first-order valence-electron chi connectivity index (χ1n) is 5.48. The average Bonchev–Trinajstić information content (AvgIpc) is 2.28. The van der Waals surface area contributed by atoms with Crippen molar-refractivity contribution in [1.29, 1.82) is 0 Å². The Labute approximate surface area is 105 Å². The molecular formula is C13H15NO4. The zero-order valence-electron chi connectivity index (χ0n) is 10.3. The Morgan fingerprint density at radius 2 is 2.17 bits per heavy atom. The van der Waals surface area contributed by atoms with E-state index in [0.29, 0.717) is 12.3 Å². The zero-order valence-corrected chi connectivity index (χ0v) is 10.3. The van der Waals surface area contributed by atoms with Gasteiger partial charge in [0.2, 0.25) is 0 Å². The van der Waals surface area contributed by atoms with Crippen LogP contribution in [0, 0.1) is 6.92 Å². The molecule has 1 rings (SSSR count). The standard InChI is InChI=1S/C13H15NO4/c1-3-18-13(17)14-11-6-4-10(9(2)8-11)5-7-12(15)16/h4-8H,3H2,1-2H3,(H,14,17)(H,15,16)/b7-5+. The van der Waals surface area contributed by atoms with Gasteiger partial charge < -0.3 is 9.84 Å². The first-order chi connectivity index (χ1) is 8.52. The number of hydrogen-bond acceptors (Lipinski definition) is 3. The van der Waals surface area contributed by atoms with E-state index in [1.165, 1.54) is 6.08 Å². The van der Waals surface area contributed by atoms with Crippen molar-refractivity contribution in [2.24, 2.45) is 0 Å². The summed E-state index contributed by atoms with van der Waals surface area (Å²) in [6, 6.07) is 5.17. The third-order valence-corrected chi connectivity index (χ3v) is 2.20. The molecule has 5 nitrogen and oxygen atoms in total. The van der Waals surface area contributed by atoms with E-state index >= 15 is 0 Å². The second-order valence-corrected chi connectivity index (χ2v) is 3.59. The third-order valence-electron chi connectivity index (χ3n) is 2.20.